The third kappa shape index (κ3) is 6.30. The van der Waals surface area contributed by atoms with E-state index in [4.69, 9.17) is 14.5 Å². The molecule has 4 aromatic rings. The Morgan fingerprint density at radius 2 is 1.86 bits per heavy atom. The van der Waals surface area contributed by atoms with E-state index in [1.54, 1.807) is 12.1 Å². The number of hydrogen-bond acceptors (Lipinski definition) is 7. The van der Waals surface area contributed by atoms with E-state index in [-0.39, 0.29) is 28.9 Å². The van der Waals surface area contributed by atoms with Crippen molar-refractivity contribution in [2.45, 2.75) is 56.3 Å². The van der Waals surface area contributed by atoms with Crippen molar-refractivity contribution in [3.05, 3.63) is 88.2 Å². The Morgan fingerprint density at radius 1 is 1.11 bits per heavy atom. The first-order chi connectivity index (χ1) is 20.8. The van der Waals surface area contributed by atoms with Crippen LogP contribution in [-0.4, -0.2) is 59.5 Å². The number of nitrogens with zero attached hydrogens (tertiary/aromatic N) is 3. The van der Waals surface area contributed by atoms with Gasteiger partial charge in [-0.3, -0.25) is 4.90 Å². The van der Waals surface area contributed by atoms with Crippen LogP contribution in [0.2, 0.25) is 0 Å². The SMILES string of the molecule is CS(=O)(=O)c1ccc(COc2cc3c(cc2C(F)(F)F)CCN(Cc2nc4ccc(C(=O)O)cc4n2C[C@@H]2CCO2)C3)cc1. The van der Waals surface area contributed by atoms with Crippen molar-refractivity contribution in [1.82, 2.24) is 14.5 Å². The normalized spacial score (nSPS) is 17.3. The van der Waals surface area contributed by atoms with Gasteiger partial charge in [-0.2, -0.15) is 13.2 Å². The number of aromatic nitrogens is 2. The predicted molar refractivity (Wildman–Crippen MR) is 154 cm³/mol. The molecule has 9 nitrogen and oxygen atoms in total. The summed E-state index contributed by atoms with van der Waals surface area (Å²) in [6.45, 7) is 2.33. The average Bonchev–Trinajstić information content (AvgIpc) is 3.28. The van der Waals surface area contributed by atoms with E-state index in [0.717, 1.165) is 24.6 Å². The lowest BCUT2D eigenvalue weighted by Crippen LogP contribution is -2.34. The zero-order valence-corrected chi connectivity index (χ0v) is 24.6. The number of ether oxygens (including phenoxy) is 2. The summed E-state index contributed by atoms with van der Waals surface area (Å²) < 4.78 is 78.9. The largest absolute Gasteiger partial charge is 0.488 e. The molecule has 44 heavy (non-hydrogen) atoms. The predicted octanol–water partition coefficient (Wildman–Crippen LogP) is 5.08. The Bertz CT molecular complexity index is 1830. The molecule has 232 valence electrons. The Hall–Kier alpha value is -3.94. The first kappa shape index (κ1) is 30.1. The van der Waals surface area contributed by atoms with Gasteiger partial charge in [0.2, 0.25) is 0 Å². The fourth-order valence-electron chi connectivity index (χ4n) is 5.58. The maximum atomic E-state index is 14.0. The molecule has 0 unspecified atom stereocenters. The molecule has 3 aromatic carbocycles. The lowest BCUT2D eigenvalue weighted by atomic mass is 9.96. The molecular weight excluding hydrogens is 599 g/mol. The Morgan fingerprint density at radius 3 is 2.50 bits per heavy atom. The molecule has 0 radical (unpaired) electrons. The number of carboxylic acids is 1. The van der Waals surface area contributed by atoms with Crippen LogP contribution in [0.3, 0.4) is 0 Å². The molecule has 1 aromatic heterocycles. The van der Waals surface area contributed by atoms with Crippen LogP contribution in [0.4, 0.5) is 13.2 Å². The topological polar surface area (TPSA) is 111 Å². The Balaban J connectivity index is 1.25. The first-order valence-corrected chi connectivity index (χ1v) is 16.0. The maximum Gasteiger partial charge on any atom is 0.419 e. The highest BCUT2D eigenvalue weighted by Gasteiger charge is 2.36. The van der Waals surface area contributed by atoms with Crippen molar-refractivity contribution in [3.8, 4) is 5.75 Å². The second-order valence-corrected chi connectivity index (χ2v) is 13.2. The Kier molecular flexibility index (Phi) is 7.89. The van der Waals surface area contributed by atoms with E-state index in [1.807, 2.05) is 4.57 Å². The third-order valence-corrected chi connectivity index (χ3v) is 9.19. The van der Waals surface area contributed by atoms with E-state index in [0.29, 0.717) is 66.9 Å². The minimum Gasteiger partial charge on any atom is -0.488 e. The Labute approximate surface area is 251 Å². The van der Waals surface area contributed by atoms with Gasteiger partial charge in [0.1, 0.15) is 18.2 Å². The second kappa shape index (κ2) is 11.5. The lowest BCUT2D eigenvalue weighted by Gasteiger charge is -2.31. The molecule has 3 heterocycles. The maximum absolute atomic E-state index is 14.0. The first-order valence-electron chi connectivity index (χ1n) is 14.1. The number of rotatable bonds is 9. The molecule has 0 bridgehead atoms. The fraction of sp³-hybridized carbons (Fsp3) is 0.355. The van der Waals surface area contributed by atoms with E-state index in [9.17, 15) is 31.5 Å². The molecule has 0 saturated carbocycles. The number of hydrogen-bond donors (Lipinski definition) is 1. The molecule has 2 aliphatic rings. The number of benzene rings is 3. The van der Waals surface area contributed by atoms with Gasteiger partial charge < -0.3 is 19.1 Å². The molecule has 2 aliphatic heterocycles. The number of aromatic carboxylic acids is 1. The standard InChI is InChI=1S/C31H30F3N3O6S/c1-44(40,41)24-5-2-19(3-6-24)18-43-28-14-22-15-36(10-8-20(22)12-25(28)31(32,33)34)17-29-35-26-7-4-21(30(38)39)13-27(26)37(29)16-23-9-11-42-23/h2-7,12-14,23H,8-11,15-18H2,1H3,(H,38,39)/t23-/m0/s1. The summed E-state index contributed by atoms with van der Waals surface area (Å²) >= 11 is 0. The summed E-state index contributed by atoms with van der Waals surface area (Å²) in [5, 5.41) is 9.51. The monoisotopic (exact) mass is 629 g/mol. The van der Waals surface area contributed by atoms with Crippen LogP contribution < -0.4 is 4.74 Å². The molecule has 1 saturated heterocycles. The van der Waals surface area contributed by atoms with Crippen LogP contribution in [-0.2, 0) is 53.4 Å². The fourth-order valence-corrected chi connectivity index (χ4v) is 6.21. The van der Waals surface area contributed by atoms with Crippen molar-refractivity contribution < 1.29 is 41.0 Å². The molecule has 13 heteroatoms. The smallest absolute Gasteiger partial charge is 0.419 e. The van der Waals surface area contributed by atoms with Crippen molar-refractivity contribution in [1.29, 1.82) is 0 Å². The summed E-state index contributed by atoms with van der Waals surface area (Å²) in [6.07, 6.45) is -2.24. The van der Waals surface area contributed by atoms with Gasteiger partial charge >= 0.3 is 12.1 Å². The molecule has 0 spiro atoms. The minimum atomic E-state index is -4.62. The quantitative estimate of drug-likeness (QED) is 0.273. The van der Waals surface area contributed by atoms with Crippen molar-refractivity contribution in [3.63, 3.8) is 0 Å². The van der Waals surface area contributed by atoms with E-state index in [2.05, 4.69) is 4.90 Å². The number of carbonyl (C=O) groups is 1. The van der Waals surface area contributed by atoms with E-state index in [1.165, 1.54) is 36.4 Å². The number of sulfone groups is 1. The summed E-state index contributed by atoms with van der Waals surface area (Å²) in [5.74, 6) is -0.598. The number of alkyl halides is 3. The van der Waals surface area contributed by atoms with Gasteiger partial charge in [0.25, 0.3) is 0 Å². The van der Waals surface area contributed by atoms with Crippen LogP contribution in [0.25, 0.3) is 11.0 Å². The average molecular weight is 630 g/mol. The van der Waals surface area contributed by atoms with Crippen molar-refractivity contribution in [2.24, 2.45) is 0 Å². The molecule has 0 amide bonds. The summed E-state index contributed by atoms with van der Waals surface area (Å²) in [6, 6.07) is 13.2. The van der Waals surface area contributed by atoms with Gasteiger partial charge in [0.05, 0.1) is 46.2 Å². The van der Waals surface area contributed by atoms with Gasteiger partial charge in [-0.05, 0) is 72.0 Å². The molecule has 0 aliphatic carbocycles. The minimum absolute atomic E-state index is 0.00444. The van der Waals surface area contributed by atoms with E-state index < -0.39 is 27.5 Å². The summed E-state index contributed by atoms with van der Waals surface area (Å²) in [4.78, 5) is 18.6. The highest BCUT2D eigenvalue weighted by molar-refractivity contribution is 7.90. The van der Waals surface area contributed by atoms with Crippen molar-refractivity contribution in [2.75, 3.05) is 19.4 Å². The van der Waals surface area contributed by atoms with Crippen LogP contribution in [0.1, 0.15) is 44.9 Å². The van der Waals surface area contributed by atoms with Crippen LogP contribution in [0.5, 0.6) is 5.75 Å². The number of fused-ring (bicyclic) bond motifs is 2. The molecule has 1 fully saturated rings. The third-order valence-electron chi connectivity index (χ3n) is 8.06. The highest BCUT2D eigenvalue weighted by atomic mass is 32.2. The summed E-state index contributed by atoms with van der Waals surface area (Å²) in [7, 11) is -3.40. The van der Waals surface area contributed by atoms with Gasteiger partial charge in [-0.1, -0.05) is 12.1 Å². The van der Waals surface area contributed by atoms with Gasteiger partial charge in [-0.25, -0.2) is 18.2 Å². The molecule has 1 atom stereocenters. The van der Waals surface area contributed by atoms with Gasteiger partial charge in [0, 0.05) is 26.0 Å². The molecule has 6 rings (SSSR count). The van der Waals surface area contributed by atoms with Crippen molar-refractivity contribution >= 4 is 26.8 Å². The highest BCUT2D eigenvalue weighted by Crippen LogP contribution is 2.40. The number of halogens is 3. The van der Waals surface area contributed by atoms with Crippen LogP contribution in [0.15, 0.2) is 59.5 Å². The molecule has 1 N–H and O–H groups in total. The number of carboxylic acid groups (broad SMARTS) is 1. The second-order valence-electron chi connectivity index (χ2n) is 11.2. The van der Waals surface area contributed by atoms with Gasteiger partial charge in [-0.15, -0.1) is 0 Å². The van der Waals surface area contributed by atoms with E-state index >= 15 is 0 Å². The van der Waals surface area contributed by atoms with Crippen LogP contribution >= 0.6 is 0 Å². The number of imidazole rings is 1. The van der Waals surface area contributed by atoms with Crippen LogP contribution in [0, 0.1) is 0 Å². The molecular formula is C31H30F3N3O6S. The summed E-state index contributed by atoms with van der Waals surface area (Å²) in [5.41, 5.74) is 2.51. The zero-order chi connectivity index (χ0) is 31.2. The van der Waals surface area contributed by atoms with Gasteiger partial charge in [0.15, 0.2) is 9.84 Å². The zero-order valence-electron chi connectivity index (χ0n) is 23.8. The lowest BCUT2D eigenvalue weighted by molar-refractivity contribution is -0.139.